The number of nitrogens with zero attached hydrogens (tertiary/aromatic N) is 1. The third kappa shape index (κ3) is 1.35. The van der Waals surface area contributed by atoms with Gasteiger partial charge in [-0.1, -0.05) is 5.16 Å². The number of anilines is 1. The fourth-order valence-electron chi connectivity index (χ4n) is 1.13. The SMILES string of the molecule is COc1csc(-c2noc(N)c2C)c1. The molecule has 0 bridgehead atoms. The van der Waals surface area contributed by atoms with Crippen molar-refractivity contribution in [3.05, 3.63) is 17.0 Å². The van der Waals surface area contributed by atoms with Crippen LogP contribution in [-0.4, -0.2) is 12.3 Å². The average Bonchev–Trinajstić information content (AvgIpc) is 2.75. The van der Waals surface area contributed by atoms with Gasteiger partial charge in [-0.05, 0) is 6.92 Å². The summed E-state index contributed by atoms with van der Waals surface area (Å²) in [5.41, 5.74) is 7.22. The van der Waals surface area contributed by atoms with Crippen LogP contribution in [0, 0.1) is 6.92 Å². The Morgan fingerprint density at radius 2 is 2.36 bits per heavy atom. The van der Waals surface area contributed by atoms with E-state index < -0.39 is 0 Å². The number of ether oxygens (including phenoxy) is 1. The van der Waals surface area contributed by atoms with Gasteiger partial charge in [-0.15, -0.1) is 11.3 Å². The Morgan fingerprint density at radius 1 is 1.57 bits per heavy atom. The Kier molecular flexibility index (Phi) is 2.17. The Balaban J connectivity index is 2.44. The minimum absolute atomic E-state index is 0.368. The van der Waals surface area contributed by atoms with Crippen LogP contribution in [0.25, 0.3) is 10.6 Å². The van der Waals surface area contributed by atoms with Crippen molar-refractivity contribution in [1.82, 2.24) is 5.16 Å². The molecule has 2 aromatic heterocycles. The molecular formula is C9H10N2O2S. The summed E-state index contributed by atoms with van der Waals surface area (Å²) in [6.07, 6.45) is 0. The van der Waals surface area contributed by atoms with E-state index in [9.17, 15) is 0 Å². The van der Waals surface area contributed by atoms with Crippen LogP contribution in [0.3, 0.4) is 0 Å². The lowest BCUT2D eigenvalue weighted by atomic mass is 10.2. The highest BCUT2D eigenvalue weighted by molar-refractivity contribution is 7.13. The maximum Gasteiger partial charge on any atom is 0.225 e. The van der Waals surface area contributed by atoms with Gasteiger partial charge in [0.05, 0.1) is 12.0 Å². The Bertz CT molecular complexity index is 447. The van der Waals surface area contributed by atoms with E-state index in [1.807, 2.05) is 18.4 Å². The maximum absolute atomic E-state index is 5.56. The lowest BCUT2D eigenvalue weighted by molar-refractivity contribution is 0.416. The van der Waals surface area contributed by atoms with E-state index >= 15 is 0 Å². The third-order valence-corrected chi connectivity index (χ3v) is 2.92. The predicted molar refractivity (Wildman–Crippen MR) is 55.5 cm³/mol. The van der Waals surface area contributed by atoms with Crippen LogP contribution >= 0.6 is 11.3 Å². The highest BCUT2D eigenvalue weighted by Gasteiger charge is 2.13. The number of thiophene rings is 1. The maximum atomic E-state index is 5.56. The first kappa shape index (κ1) is 9.08. The summed E-state index contributed by atoms with van der Waals surface area (Å²) in [5.74, 6) is 1.19. The zero-order chi connectivity index (χ0) is 10.1. The molecular weight excluding hydrogens is 200 g/mol. The van der Waals surface area contributed by atoms with Crippen molar-refractivity contribution in [2.24, 2.45) is 0 Å². The van der Waals surface area contributed by atoms with Crippen LogP contribution in [-0.2, 0) is 0 Å². The van der Waals surface area contributed by atoms with Crippen LogP contribution < -0.4 is 10.5 Å². The van der Waals surface area contributed by atoms with E-state index in [-0.39, 0.29) is 0 Å². The smallest absolute Gasteiger partial charge is 0.225 e. The van der Waals surface area contributed by atoms with Gasteiger partial charge < -0.3 is 15.0 Å². The number of methoxy groups -OCH3 is 1. The molecule has 0 aliphatic heterocycles. The first-order chi connectivity index (χ1) is 6.72. The molecule has 2 heterocycles. The zero-order valence-electron chi connectivity index (χ0n) is 7.90. The largest absolute Gasteiger partial charge is 0.496 e. The van der Waals surface area contributed by atoms with Crippen molar-refractivity contribution in [3.63, 3.8) is 0 Å². The molecule has 0 radical (unpaired) electrons. The van der Waals surface area contributed by atoms with Gasteiger partial charge in [0.1, 0.15) is 11.4 Å². The van der Waals surface area contributed by atoms with Crippen molar-refractivity contribution in [2.45, 2.75) is 6.92 Å². The molecule has 14 heavy (non-hydrogen) atoms. The van der Waals surface area contributed by atoms with E-state index in [1.165, 1.54) is 0 Å². The van der Waals surface area contributed by atoms with E-state index in [2.05, 4.69) is 5.16 Å². The van der Waals surface area contributed by atoms with Gasteiger partial charge in [0.2, 0.25) is 5.88 Å². The number of aromatic nitrogens is 1. The van der Waals surface area contributed by atoms with E-state index in [0.29, 0.717) is 5.88 Å². The van der Waals surface area contributed by atoms with Gasteiger partial charge >= 0.3 is 0 Å². The molecule has 0 unspecified atom stereocenters. The summed E-state index contributed by atoms with van der Waals surface area (Å²) in [6, 6.07) is 1.91. The molecule has 0 spiro atoms. The first-order valence-electron chi connectivity index (χ1n) is 4.07. The first-order valence-corrected chi connectivity index (χ1v) is 4.95. The summed E-state index contributed by atoms with van der Waals surface area (Å²) in [7, 11) is 1.63. The van der Waals surface area contributed by atoms with Crippen LogP contribution in [0.15, 0.2) is 16.0 Å². The Labute approximate surface area is 85.3 Å². The van der Waals surface area contributed by atoms with E-state index in [0.717, 1.165) is 21.9 Å². The normalized spacial score (nSPS) is 10.4. The fourth-order valence-corrected chi connectivity index (χ4v) is 2.02. The molecule has 74 valence electrons. The molecule has 2 aromatic rings. The number of nitrogens with two attached hydrogens (primary N) is 1. The van der Waals surface area contributed by atoms with Gasteiger partial charge in [-0.3, -0.25) is 0 Å². The zero-order valence-corrected chi connectivity index (χ0v) is 8.72. The highest BCUT2D eigenvalue weighted by Crippen LogP contribution is 2.33. The molecule has 2 rings (SSSR count). The molecule has 0 aromatic carbocycles. The van der Waals surface area contributed by atoms with Gasteiger partial charge in [0.15, 0.2) is 0 Å². The summed E-state index contributed by atoms with van der Waals surface area (Å²) < 4.78 is 9.97. The number of nitrogen functional groups attached to an aromatic ring is 1. The quantitative estimate of drug-likeness (QED) is 0.826. The average molecular weight is 210 g/mol. The molecule has 0 saturated carbocycles. The van der Waals surface area contributed by atoms with Crippen LogP contribution in [0.4, 0.5) is 5.88 Å². The molecule has 0 fully saturated rings. The monoisotopic (exact) mass is 210 g/mol. The molecule has 0 amide bonds. The standard InChI is InChI=1S/C9H10N2O2S/c1-5-8(11-13-9(5)10)7-3-6(12-2)4-14-7/h3-4H,10H2,1-2H3. The van der Waals surface area contributed by atoms with Crippen LogP contribution in [0.1, 0.15) is 5.56 Å². The molecule has 0 atom stereocenters. The highest BCUT2D eigenvalue weighted by atomic mass is 32.1. The van der Waals surface area contributed by atoms with Crippen LogP contribution in [0.2, 0.25) is 0 Å². The molecule has 5 heteroatoms. The summed E-state index contributed by atoms with van der Waals surface area (Å²) in [5, 5.41) is 5.80. The Hall–Kier alpha value is -1.49. The molecule has 0 aliphatic carbocycles. The summed E-state index contributed by atoms with van der Waals surface area (Å²) in [4.78, 5) is 1.000. The van der Waals surface area contributed by atoms with Crippen molar-refractivity contribution < 1.29 is 9.26 Å². The second-order valence-corrected chi connectivity index (χ2v) is 3.78. The number of hydrogen-bond acceptors (Lipinski definition) is 5. The minimum Gasteiger partial charge on any atom is -0.496 e. The summed E-state index contributed by atoms with van der Waals surface area (Å²) in [6.45, 7) is 1.88. The lowest BCUT2D eigenvalue weighted by Gasteiger charge is -1.91. The topological polar surface area (TPSA) is 61.3 Å². The fraction of sp³-hybridized carbons (Fsp3) is 0.222. The van der Waals surface area contributed by atoms with Crippen molar-refractivity contribution >= 4 is 17.2 Å². The molecule has 0 aliphatic rings. The third-order valence-electron chi connectivity index (χ3n) is 2.00. The van der Waals surface area contributed by atoms with Gasteiger partial charge in [-0.2, -0.15) is 0 Å². The number of rotatable bonds is 2. The van der Waals surface area contributed by atoms with Crippen molar-refractivity contribution in [3.8, 4) is 16.3 Å². The second-order valence-electron chi connectivity index (χ2n) is 2.87. The number of hydrogen-bond donors (Lipinski definition) is 1. The predicted octanol–water partition coefficient (Wildman–Crippen LogP) is 2.30. The minimum atomic E-state index is 0.368. The van der Waals surface area contributed by atoms with Crippen molar-refractivity contribution in [1.29, 1.82) is 0 Å². The van der Waals surface area contributed by atoms with Gasteiger partial charge in [0, 0.05) is 17.0 Å². The molecule has 0 saturated heterocycles. The van der Waals surface area contributed by atoms with Crippen molar-refractivity contribution in [2.75, 3.05) is 12.8 Å². The van der Waals surface area contributed by atoms with Gasteiger partial charge in [0.25, 0.3) is 0 Å². The lowest BCUT2D eigenvalue weighted by Crippen LogP contribution is -1.83. The van der Waals surface area contributed by atoms with Crippen LogP contribution in [0.5, 0.6) is 5.75 Å². The second kappa shape index (κ2) is 3.34. The summed E-state index contributed by atoms with van der Waals surface area (Å²) >= 11 is 1.55. The molecule has 2 N–H and O–H groups in total. The Morgan fingerprint density at radius 3 is 2.86 bits per heavy atom. The van der Waals surface area contributed by atoms with Gasteiger partial charge in [-0.25, -0.2) is 0 Å². The van der Waals surface area contributed by atoms with E-state index in [4.69, 9.17) is 15.0 Å². The van der Waals surface area contributed by atoms with E-state index in [1.54, 1.807) is 18.4 Å². The molecule has 4 nitrogen and oxygen atoms in total.